The number of nitrogens with zero attached hydrogens (tertiary/aromatic N) is 2. The van der Waals surface area contributed by atoms with E-state index >= 15 is 0 Å². The lowest BCUT2D eigenvalue weighted by molar-refractivity contribution is -0.387. The van der Waals surface area contributed by atoms with Crippen molar-refractivity contribution in [1.29, 1.82) is 0 Å². The SMILES string of the molecule is CN(CC(=O)O)C(=O)OCc1ccc(OC2OC(CO)C(O)C(O)C2O)c([N+](=O)[O-])c1. The van der Waals surface area contributed by atoms with E-state index in [0.717, 1.165) is 17.0 Å². The molecule has 0 aliphatic carbocycles. The van der Waals surface area contributed by atoms with E-state index in [0.29, 0.717) is 0 Å². The first kappa shape index (κ1) is 24.2. The molecular weight excluding hydrogens is 424 g/mol. The molecule has 14 heteroatoms. The van der Waals surface area contributed by atoms with Gasteiger partial charge in [-0.25, -0.2) is 4.79 Å². The number of nitro benzene ring substituents is 1. The maximum atomic E-state index is 11.7. The molecule has 1 aromatic carbocycles. The quantitative estimate of drug-likeness (QED) is 0.226. The minimum Gasteiger partial charge on any atom is -0.480 e. The van der Waals surface area contributed by atoms with Gasteiger partial charge in [-0.1, -0.05) is 6.07 Å². The van der Waals surface area contributed by atoms with Crippen LogP contribution in [0.15, 0.2) is 18.2 Å². The third kappa shape index (κ3) is 5.99. The number of carbonyl (C=O) groups excluding carboxylic acids is 1. The molecule has 0 radical (unpaired) electrons. The van der Waals surface area contributed by atoms with Crippen molar-refractivity contribution in [3.05, 3.63) is 33.9 Å². The molecule has 5 unspecified atom stereocenters. The molecule has 1 aliphatic rings. The Kier molecular flexibility index (Phi) is 8.07. The van der Waals surface area contributed by atoms with Crippen LogP contribution >= 0.6 is 0 Å². The fourth-order valence-electron chi connectivity index (χ4n) is 2.71. The molecule has 5 atom stereocenters. The van der Waals surface area contributed by atoms with Gasteiger partial charge in [0.25, 0.3) is 0 Å². The minimum absolute atomic E-state index is 0.185. The fourth-order valence-corrected chi connectivity index (χ4v) is 2.71. The number of aliphatic hydroxyl groups is 4. The van der Waals surface area contributed by atoms with Crippen molar-refractivity contribution in [2.24, 2.45) is 0 Å². The summed E-state index contributed by atoms with van der Waals surface area (Å²) in [5.74, 6) is -1.60. The summed E-state index contributed by atoms with van der Waals surface area (Å²) in [4.78, 5) is 33.7. The van der Waals surface area contributed by atoms with E-state index < -0.39 is 73.1 Å². The van der Waals surface area contributed by atoms with Crippen molar-refractivity contribution in [2.45, 2.75) is 37.3 Å². The van der Waals surface area contributed by atoms with Gasteiger partial charge in [0.05, 0.1) is 11.5 Å². The van der Waals surface area contributed by atoms with E-state index in [-0.39, 0.29) is 11.3 Å². The molecule has 1 aliphatic heterocycles. The van der Waals surface area contributed by atoms with Crippen LogP contribution < -0.4 is 4.74 Å². The number of amides is 1. The van der Waals surface area contributed by atoms with Crippen molar-refractivity contribution in [1.82, 2.24) is 4.90 Å². The van der Waals surface area contributed by atoms with Crippen molar-refractivity contribution < 1.29 is 54.3 Å². The third-order valence-electron chi connectivity index (χ3n) is 4.36. The number of carbonyl (C=O) groups is 2. The summed E-state index contributed by atoms with van der Waals surface area (Å²) >= 11 is 0. The number of likely N-dealkylation sites (N-methyl/N-ethyl adjacent to an activating group) is 1. The topological polar surface area (TPSA) is 209 Å². The highest BCUT2D eigenvalue weighted by atomic mass is 16.7. The van der Waals surface area contributed by atoms with Gasteiger partial charge in [0.15, 0.2) is 5.75 Å². The zero-order valence-corrected chi connectivity index (χ0v) is 16.2. The summed E-state index contributed by atoms with van der Waals surface area (Å²) < 4.78 is 15.3. The van der Waals surface area contributed by atoms with Crippen LogP contribution in [0.1, 0.15) is 5.56 Å². The van der Waals surface area contributed by atoms with E-state index in [9.17, 15) is 40.1 Å². The van der Waals surface area contributed by atoms with Gasteiger partial charge in [-0.15, -0.1) is 0 Å². The molecule has 172 valence electrons. The Bertz CT molecular complexity index is 816. The van der Waals surface area contributed by atoms with E-state index in [1.165, 1.54) is 13.1 Å². The smallest absolute Gasteiger partial charge is 0.410 e. The molecule has 1 saturated heterocycles. The van der Waals surface area contributed by atoms with Crippen LogP contribution in [0.4, 0.5) is 10.5 Å². The van der Waals surface area contributed by atoms with Crippen molar-refractivity contribution in [2.75, 3.05) is 20.2 Å². The maximum absolute atomic E-state index is 11.7. The third-order valence-corrected chi connectivity index (χ3v) is 4.36. The molecular formula is C17H22N2O12. The zero-order chi connectivity index (χ0) is 23.3. The van der Waals surface area contributed by atoms with Crippen molar-refractivity contribution >= 4 is 17.7 Å². The van der Waals surface area contributed by atoms with Crippen molar-refractivity contribution in [3.63, 3.8) is 0 Å². The van der Waals surface area contributed by atoms with Gasteiger partial charge >= 0.3 is 17.7 Å². The first-order valence-electron chi connectivity index (χ1n) is 8.89. The van der Waals surface area contributed by atoms with Crippen LogP contribution in [0.3, 0.4) is 0 Å². The lowest BCUT2D eigenvalue weighted by Gasteiger charge is -2.39. The largest absolute Gasteiger partial charge is 0.480 e. The van der Waals surface area contributed by atoms with Crippen LogP contribution in [0.5, 0.6) is 5.75 Å². The molecule has 0 aromatic heterocycles. The first-order valence-corrected chi connectivity index (χ1v) is 8.89. The minimum atomic E-state index is -1.76. The number of aliphatic hydroxyl groups excluding tert-OH is 4. The van der Waals surface area contributed by atoms with Gasteiger partial charge in [-0.2, -0.15) is 0 Å². The Hall–Kier alpha value is -3.04. The number of benzene rings is 1. The van der Waals surface area contributed by atoms with E-state index in [1.54, 1.807) is 0 Å². The lowest BCUT2D eigenvalue weighted by Crippen LogP contribution is -2.60. The summed E-state index contributed by atoms with van der Waals surface area (Å²) in [5, 5.41) is 58.8. The highest BCUT2D eigenvalue weighted by Crippen LogP contribution is 2.32. The normalized spacial score (nSPS) is 25.5. The number of carboxylic acid groups (broad SMARTS) is 1. The standard InChI is InChI=1S/C17H22N2O12/c1-18(5-12(21)22)17(26)29-7-8-2-3-10(9(4-8)19(27)28)30-16-15(25)14(24)13(23)11(6-20)31-16/h2-4,11,13-16,20,23-25H,5-7H2,1H3,(H,21,22). The maximum Gasteiger partial charge on any atom is 0.410 e. The predicted molar refractivity (Wildman–Crippen MR) is 97.9 cm³/mol. The molecule has 14 nitrogen and oxygen atoms in total. The second kappa shape index (κ2) is 10.3. The van der Waals surface area contributed by atoms with Gasteiger partial charge in [0.2, 0.25) is 6.29 Å². The number of carboxylic acids is 1. The average Bonchev–Trinajstić information content (AvgIpc) is 2.72. The number of aliphatic carboxylic acids is 1. The van der Waals surface area contributed by atoms with E-state index in [1.807, 2.05) is 0 Å². The lowest BCUT2D eigenvalue weighted by atomic mass is 9.99. The summed E-state index contributed by atoms with van der Waals surface area (Å²) in [5.41, 5.74) is -0.394. The molecule has 0 spiro atoms. The van der Waals surface area contributed by atoms with Crippen LogP contribution in [-0.2, 0) is 20.9 Å². The summed E-state index contributed by atoms with van der Waals surface area (Å²) in [6.07, 6.45) is -8.94. The molecule has 5 N–H and O–H groups in total. The molecule has 31 heavy (non-hydrogen) atoms. The van der Waals surface area contributed by atoms with Crippen LogP contribution in [0.2, 0.25) is 0 Å². The first-order chi connectivity index (χ1) is 14.5. The van der Waals surface area contributed by atoms with Crippen molar-refractivity contribution in [3.8, 4) is 5.75 Å². The predicted octanol–water partition coefficient (Wildman–Crippen LogP) is -1.57. The molecule has 1 amide bonds. The summed E-state index contributed by atoms with van der Waals surface area (Å²) in [6.45, 7) is -1.69. The molecule has 1 fully saturated rings. The van der Waals surface area contributed by atoms with Gasteiger partial charge in [0.1, 0.15) is 37.6 Å². The molecule has 2 rings (SSSR count). The van der Waals surface area contributed by atoms with Gasteiger partial charge < -0.3 is 44.6 Å². The fraction of sp³-hybridized carbons (Fsp3) is 0.529. The Morgan fingerprint density at radius 2 is 1.90 bits per heavy atom. The number of hydrogen-bond donors (Lipinski definition) is 5. The van der Waals surface area contributed by atoms with Crippen LogP contribution in [0.25, 0.3) is 0 Å². The van der Waals surface area contributed by atoms with Gasteiger partial charge in [-0.3, -0.25) is 14.9 Å². The highest BCUT2D eigenvalue weighted by molar-refractivity contribution is 5.76. The summed E-state index contributed by atoms with van der Waals surface area (Å²) in [7, 11) is 1.20. The molecule has 1 aromatic rings. The Morgan fingerprint density at radius 3 is 2.48 bits per heavy atom. The summed E-state index contributed by atoms with van der Waals surface area (Å²) in [6, 6.07) is 3.49. The molecule has 0 saturated carbocycles. The number of rotatable bonds is 8. The second-order valence-electron chi connectivity index (χ2n) is 6.68. The van der Waals surface area contributed by atoms with Crippen LogP contribution in [-0.4, -0.2) is 98.3 Å². The molecule has 0 bridgehead atoms. The highest BCUT2D eigenvalue weighted by Gasteiger charge is 2.45. The Morgan fingerprint density at radius 1 is 1.23 bits per heavy atom. The monoisotopic (exact) mass is 446 g/mol. The van der Waals surface area contributed by atoms with E-state index in [2.05, 4.69) is 0 Å². The number of ether oxygens (including phenoxy) is 3. The number of hydrogen-bond acceptors (Lipinski definition) is 11. The van der Waals surface area contributed by atoms with Gasteiger partial charge in [-0.05, 0) is 11.6 Å². The van der Waals surface area contributed by atoms with Crippen LogP contribution in [0, 0.1) is 10.1 Å². The van der Waals surface area contributed by atoms with Gasteiger partial charge in [0, 0.05) is 13.1 Å². The zero-order valence-electron chi connectivity index (χ0n) is 16.2. The second-order valence-corrected chi connectivity index (χ2v) is 6.68. The Balaban J connectivity index is 2.13. The molecule has 1 heterocycles. The Labute approximate surface area is 174 Å². The van der Waals surface area contributed by atoms with E-state index in [4.69, 9.17) is 19.3 Å². The number of nitro groups is 1. The average molecular weight is 446 g/mol.